The van der Waals surface area contributed by atoms with Crippen LogP contribution in [0.5, 0.6) is 0 Å². The summed E-state index contributed by atoms with van der Waals surface area (Å²) >= 11 is 0. The van der Waals surface area contributed by atoms with Crippen LogP contribution in [0.25, 0.3) is 10.9 Å². The second kappa shape index (κ2) is 63.9. The van der Waals surface area contributed by atoms with Crippen LogP contribution in [-0.4, -0.2) is 326 Å². The number of aliphatic hydroxyl groups is 2. The van der Waals surface area contributed by atoms with Gasteiger partial charge in [0.05, 0.1) is 31.7 Å². The largest absolute Gasteiger partial charge is 0.481 e. The predicted molar refractivity (Wildman–Crippen MR) is 543 cm³/mol. The molecule has 55 heteroatoms. The van der Waals surface area contributed by atoms with Crippen LogP contribution in [0, 0.1) is 39.9 Å². The first-order valence-electron chi connectivity index (χ1n) is 49.5. The van der Waals surface area contributed by atoms with Gasteiger partial charge in [-0.25, -0.2) is 4.79 Å². The Bertz CT molecular complexity index is 5180. The highest BCUT2D eigenvalue weighted by atomic mass is 16.4. The Hall–Kier alpha value is -15.5. The molecule has 55 nitrogen and oxygen atoms in total. The number of fused-ring (bicyclic) bond motifs is 1. The van der Waals surface area contributed by atoms with Crippen molar-refractivity contribution in [2.24, 2.45) is 52.3 Å². The summed E-state index contributed by atoms with van der Waals surface area (Å²) in [7, 11) is 0. The number of likely N-dealkylation sites (tertiary alicyclic amines) is 1. The number of para-hydroxylation sites is 1. The minimum atomic E-state index is -1.89. The lowest BCUT2D eigenvalue weighted by atomic mass is 9.97. The van der Waals surface area contributed by atoms with Gasteiger partial charge >= 0.3 is 17.9 Å². The third-order valence-electron chi connectivity index (χ3n) is 24.2. The van der Waals surface area contributed by atoms with Crippen LogP contribution in [0.15, 0.2) is 60.8 Å². The molecule has 18 amide bonds. The lowest BCUT2D eigenvalue weighted by molar-refractivity contribution is -0.144. The molecule has 1 aliphatic heterocycles. The molecule has 1 aliphatic rings. The lowest BCUT2D eigenvalue weighted by Gasteiger charge is -2.30. The van der Waals surface area contributed by atoms with E-state index in [1.807, 2.05) is 0 Å². The highest BCUT2D eigenvalue weighted by Gasteiger charge is 2.43. The van der Waals surface area contributed by atoms with Crippen LogP contribution in [0.1, 0.15) is 190 Å². The summed E-state index contributed by atoms with van der Waals surface area (Å²) in [4.78, 5) is 295. The number of guanidine groups is 3. The first-order valence-corrected chi connectivity index (χ1v) is 49.5. The van der Waals surface area contributed by atoms with Crippen LogP contribution in [0.4, 0.5) is 0 Å². The maximum absolute atomic E-state index is 15.1. The summed E-state index contributed by atoms with van der Waals surface area (Å²) in [6, 6.07) is -11.8. The van der Waals surface area contributed by atoms with E-state index in [2.05, 4.69) is 106 Å². The van der Waals surface area contributed by atoms with E-state index < -0.39 is 314 Å². The average molecular weight is 2120 g/mol. The molecule has 0 unspecified atom stereocenters. The Balaban J connectivity index is 1.59. The first kappa shape index (κ1) is 127. The molecule has 0 spiro atoms. The van der Waals surface area contributed by atoms with Gasteiger partial charge in [-0.15, -0.1) is 0 Å². The molecular weight excluding hydrogens is 1960 g/mol. The van der Waals surface area contributed by atoms with Gasteiger partial charge in [0.25, 0.3) is 0 Å². The minimum Gasteiger partial charge on any atom is -0.481 e. The number of nitrogens with one attached hydrogen (secondary N) is 23. The van der Waals surface area contributed by atoms with E-state index in [4.69, 9.17) is 44.9 Å². The third kappa shape index (κ3) is 44.7. The van der Waals surface area contributed by atoms with E-state index in [1.54, 1.807) is 102 Å². The molecule has 150 heavy (non-hydrogen) atoms. The number of aromatic nitrogens is 1. The van der Waals surface area contributed by atoms with Gasteiger partial charge in [-0.3, -0.25) is 112 Å². The standard InChI is InChI=1S/C95H151N29O26/c1-12-49(8)74(90(147)115-60(28-20-36-106-95(102)103)82(139)120-67(45-125)88(145)121-73(48(6)7)92(149)150)122-77(134)51(10)109-76(133)50(9)110-84(141)63(38-46(2)3)116-87(144)66(41-54-43-107-57-25-17-16-24-55(54)57)118-83(140)62(31-33-71(129)130)114-80(137)59(27-19-35-105-94(100)101)112-85(142)64(39-47(4)5)119-91(148)75(52(11)126)123-89(146)68-29-21-37-124(68)70(128)44-108-79(136)61(30-32-69(97)127)113-86(143)65(40-53-22-14-13-15-23-53)117-81(138)58(26-18-34-104-93(98)99)111-78(135)56(96)42-72(131)132/h13-17,22-25,43,46-52,56,58-68,73-75,107,125-126H,12,18-21,26-42,44-45,96H2,1-11H3,(H2,97,127)(H,108,136)(H,109,133)(H,110,141)(H,111,135)(H,112,142)(H,113,143)(H,114,137)(H,115,147)(H,116,144)(H,117,138)(H,118,140)(H,119,148)(H,120,139)(H,121,145)(H,122,134)(H,123,146)(H,129,130)(H,131,132)(H,149,150)(H4,98,99,104)(H4,100,101,105)(H4,102,103,106)/t49-,50-,51-,52+,56-,58-,59-,60-,61-,62-,63-,64-,65-,66-,67-,68-,73-,74-,75-/m0/s1. The first-order chi connectivity index (χ1) is 70.6. The summed E-state index contributed by atoms with van der Waals surface area (Å²) in [6.07, 6.45) is -4.52. The van der Waals surface area contributed by atoms with Gasteiger partial charge in [-0.2, -0.15) is 0 Å². The van der Waals surface area contributed by atoms with E-state index in [-0.39, 0.29) is 116 Å². The van der Waals surface area contributed by atoms with Gasteiger partial charge in [0.1, 0.15) is 96.7 Å². The topological polar surface area (TPSA) is 909 Å². The highest BCUT2D eigenvalue weighted by Crippen LogP contribution is 2.23. The molecule has 4 rings (SSSR count). The van der Waals surface area contributed by atoms with E-state index in [0.29, 0.717) is 22.0 Å². The van der Waals surface area contributed by atoms with Crippen LogP contribution in [0.2, 0.25) is 0 Å². The fraction of sp³-hybridized carbons (Fsp3) is 0.600. The second-order valence-corrected chi connectivity index (χ2v) is 38.0. The van der Waals surface area contributed by atoms with Gasteiger partial charge < -0.3 is 165 Å². The maximum Gasteiger partial charge on any atom is 0.326 e. The fourth-order valence-electron chi connectivity index (χ4n) is 15.8. The number of carboxylic acids is 3. The number of nitrogens with zero attached hydrogens (tertiary/aromatic N) is 1. The number of hydrogen-bond acceptors (Lipinski definition) is 27. The van der Waals surface area contributed by atoms with Crippen LogP contribution in [-0.2, 0) is 114 Å². The minimum absolute atomic E-state index is 0.0293. The van der Waals surface area contributed by atoms with Gasteiger partial charge in [-0.1, -0.05) is 110 Å². The molecular formula is C95H151N29O26. The number of carboxylic acid groups (broad SMARTS) is 3. The number of aliphatic carboxylic acids is 3. The smallest absolute Gasteiger partial charge is 0.326 e. The van der Waals surface area contributed by atoms with Gasteiger partial charge in [0.2, 0.25) is 106 Å². The average Bonchev–Trinajstić information content (AvgIpc) is 1.67. The summed E-state index contributed by atoms with van der Waals surface area (Å²) < 4.78 is 0. The van der Waals surface area contributed by atoms with Crippen molar-refractivity contribution in [3.8, 4) is 0 Å². The van der Waals surface area contributed by atoms with Crippen LogP contribution < -0.4 is 130 Å². The van der Waals surface area contributed by atoms with Crippen molar-refractivity contribution in [1.29, 1.82) is 16.2 Å². The van der Waals surface area contributed by atoms with Crippen LogP contribution in [0.3, 0.4) is 0 Å². The summed E-state index contributed by atoms with van der Waals surface area (Å²) in [5.74, 6) is -25.9. The third-order valence-corrected chi connectivity index (χ3v) is 24.2. The van der Waals surface area contributed by atoms with Crippen molar-refractivity contribution in [2.45, 2.75) is 301 Å². The van der Waals surface area contributed by atoms with Crippen molar-refractivity contribution < 1.29 is 126 Å². The predicted octanol–water partition coefficient (Wildman–Crippen LogP) is -7.65. The molecule has 1 saturated heterocycles. The SMILES string of the molecule is CC[C@H](C)[C@H](NC(=O)[C@H](C)NC(=O)[C@H](C)NC(=O)[C@H](CC(C)C)NC(=O)[C@H](Cc1c[nH]c2ccccc12)NC(=O)[C@H](CCC(=O)O)NC(=O)[C@H](CCCNC(=N)N)NC(=O)[C@H](CC(C)C)NC(=O)[C@@H](NC(=O)[C@@H]1CCCN1C(=O)CNC(=O)[C@H](CCC(N)=O)NC(=O)[C@H](Cc1ccccc1)NC(=O)[C@H](CCCNC(=N)N)NC(=O)[C@@H](N)CC(=O)O)[C@@H](C)O)C(=O)N[C@@H](CCCNC(=N)N)C(=O)N[C@@H](CO)C(=O)N[C@H](C(=O)O)C(C)C. The van der Waals surface area contributed by atoms with Crippen LogP contribution >= 0.6 is 0 Å². The monoisotopic (exact) mass is 2110 g/mol. The molecule has 0 radical (unpaired) electrons. The number of aliphatic hydroxyl groups excluding tert-OH is 2. The number of carbonyl (C=O) groups excluding carboxylic acids is 18. The number of benzene rings is 2. The van der Waals surface area contributed by atoms with Gasteiger partial charge in [0, 0.05) is 69.0 Å². The molecule has 832 valence electrons. The van der Waals surface area contributed by atoms with Crippen molar-refractivity contribution in [3.63, 3.8) is 0 Å². The number of rotatable bonds is 67. The lowest BCUT2D eigenvalue weighted by Crippen LogP contribution is -2.61. The van der Waals surface area contributed by atoms with E-state index in [1.165, 1.54) is 27.7 Å². The molecule has 1 fully saturated rings. The second-order valence-electron chi connectivity index (χ2n) is 38.0. The Morgan fingerprint density at radius 2 is 0.827 bits per heavy atom. The number of H-pyrrole nitrogens is 1. The molecule has 0 saturated carbocycles. The summed E-state index contributed by atoms with van der Waals surface area (Å²) in [5, 5.41) is 121. The van der Waals surface area contributed by atoms with Crippen molar-refractivity contribution in [1.82, 2.24) is 111 Å². The number of amides is 18. The molecule has 2 aromatic carbocycles. The maximum atomic E-state index is 15.1. The zero-order valence-electron chi connectivity index (χ0n) is 86.1. The van der Waals surface area contributed by atoms with Gasteiger partial charge in [0.15, 0.2) is 17.9 Å². The Morgan fingerprint density at radius 1 is 0.427 bits per heavy atom. The highest BCUT2D eigenvalue weighted by molar-refractivity contribution is 6.02. The number of primary amides is 1. The number of carbonyl (C=O) groups is 21. The summed E-state index contributed by atoms with van der Waals surface area (Å²) in [6.45, 7) is 14.7. The Labute approximate surface area is 866 Å². The normalized spacial score (nSPS) is 15.8. The molecule has 19 atom stereocenters. The van der Waals surface area contributed by atoms with E-state index in [9.17, 15) is 117 Å². The van der Waals surface area contributed by atoms with Crippen molar-refractivity contribution in [3.05, 3.63) is 71.9 Å². The molecule has 1 aromatic heterocycles. The fourth-order valence-corrected chi connectivity index (χ4v) is 15.8. The molecule has 38 N–H and O–H groups in total. The van der Waals surface area contributed by atoms with Crippen molar-refractivity contribution >= 4 is 153 Å². The zero-order valence-corrected chi connectivity index (χ0v) is 86.1. The number of hydrogen-bond donors (Lipinski definition) is 33. The molecule has 2 heterocycles. The van der Waals surface area contributed by atoms with Gasteiger partial charge in [-0.05, 0) is 139 Å². The summed E-state index contributed by atoms with van der Waals surface area (Å²) in [5.41, 5.74) is 29.2. The quantitative estimate of drug-likeness (QED) is 0.0142. The molecule has 3 aromatic rings. The molecule has 0 aliphatic carbocycles. The van der Waals surface area contributed by atoms with E-state index >= 15 is 9.59 Å². The molecule has 0 bridgehead atoms. The van der Waals surface area contributed by atoms with E-state index in [0.717, 1.165) is 11.8 Å². The number of nitrogens with two attached hydrogens (primary N) is 5. The zero-order chi connectivity index (χ0) is 113. The number of aromatic amines is 1. The van der Waals surface area contributed by atoms with Crippen molar-refractivity contribution in [2.75, 3.05) is 39.3 Å². The Morgan fingerprint density at radius 3 is 1.29 bits per heavy atom. The Kier molecular flexibility index (Phi) is 54.1.